The summed E-state index contributed by atoms with van der Waals surface area (Å²) in [5.74, 6) is -1.43. The lowest BCUT2D eigenvalue weighted by molar-refractivity contribution is 0.0942. The molecule has 3 N–H and O–H groups in total. The Morgan fingerprint density at radius 1 is 1.52 bits per heavy atom. The van der Waals surface area contributed by atoms with Crippen LogP contribution in [0.2, 0.25) is 0 Å². The summed E-state index contributed by atoms with van der Waals surface area (Å²) < 4.78 is 47.2. The molecule has 2 atom stereocenters. The summed E-state index contributed by atoms with van der Waals surface area (Å²) in [4.78, 5) is 11.3. The summed E-state index contributed by atoms with van der Waals surface area (Å²) in [6.07, 6.45) is 1.50. The van der Waals surface area contributed by atoms with Crippen molar-refractivity contribution < 1.29 is 21.8 Å². The van der Waals surface area contributed by atoms with Crippen LogP contribution in [-0.4, -0.2) is 36.6 Å². The third-order valence-corrected chi connectivity index (χ3v) is 4.99. The molecule has 6 nitrogen and oxygen atoms in total. The molecule has 0 aromatic heterocycles. The van der Waals surface area contributed by atoms with Gasteiger partial charge in [0.1, 0.15) is 10.7 Å². The Labute approximate surface area is 132 Å². The van der Waals surface area contributed by atoms with Crippen LogP contribution in [0, 0.1) is 5.82 Å². The van der Waals surface area contributed by atoms with E-state index >= 15 is 0 Å². The van der Waals surface area contributed by atoms with Crippen LogP contribution in [0.3, 0.4) is 0 Å². The molecule has 0 aliphatic rings. The normalized spacial score (nSPS) is 14.5. The summed E-state index contributed by atoms with van der Waals surface area (Å²) in [7, 11) is -5.38. The first-order valence-electron chi connectivity index (χ1n) is 5.65. The zero-order valence-corrected chi connectivity index (χ0v) is 14.4. The fraction of sp³-hybridized carbons (Fsp3) is 0.364. The van der Waals surface area contributed by atoms with E-state index in [1.807, 2.05) is 0 Å². The molecule has 0 bridgehead atoms. The van der Waals surface area contributed by atoms with Crippen molar-refractivity contribution in [2.75, 3.05) is 12.0 Å². The Kier molecular flexibility index (Phi) is 6.02. The molecule has 0 saturated heterocycles. The molecule has 1 rings (SSSR count). The Bertz CT molecular complexity index is 694. The third-order valence-electron chi connectivity index (χ3n) is 2.43. The van der Waals surface area contributed by atoms with Crippen LogP contribution in [0.5, 0.6) is 0 Å². The van der Waals surface area contributed by atoms with E-state index in [9.17, 15) is 21.8 Å². The van der Waals surface area contributed by atoms with E-state index in [1.54, 1.807) is 6.92 Å². The van der Waals surface area contributed by atoms with Crippen molar-refractivity contribution in [2.24, 2.45) is 5.14 Å². The molecule has 1 aromatic carbocycles. The van der Waals surface area contributed by atoms with Gasteiger partial charge in [-0.3, -0.25) is 9.00 Å². The summed E-state index contributed by atoms with van der Waals surface area (Å²) >= 11 is 2.99. The SMILES string of the molecule is CC(CS(C)=O)NC(=O)c1cc(S(N)(=O)=O)c(F)cc1Br. The average molecular weight is 401 g/mol. The number of hydrogen-bond acceptors (Lipinski definition) is 4. The largest absolute Gasteiger partial charge is 0.349 e. The topological polar surface area (TPSA) is 106 Å². The van der Waals surface area contributed by atoms with E-state index in [2.05, 4.69) is 21.2 Å². The van der Waals surface area contributed by atoms with Crippen molar-refractivity contribution >= 4 is 42.7 Å². The molecule has 10 heteroatoms. The van der Waals surface area contributed by atoms with Crippen molar-refractivity contribution in [3.63, 3.8) is 0 Å². The highest BCUT2D eigenvalue weighted by molar-refractivity contribution is 9.10. The van der Waals surface area contributed by atoms with Crippen LogP contribution >= 0.6 is 15.9 Å². The number of halogens is 2. The number of nitrogens with two attached hydrogens (primary N) is 1. The van der Waals surface area contributed by atoms with Crippen LogP contribution in [0.15, 0.2) is 21.5 Å². The minimum atomic E-state index is -4.28. The molecule has 0 spiro atoms. The van der Waals surface area contributed by atoms with Crippen LogP contribution in [-0.2, 0) is 20.8 Å². The smallest absolute Gasteiger partial charge is 0.252 e. The van der Waals surface area contributed by atoms with E-state index in [-0.39, 0.29) is 15.8 Å². The monoisotopic (exact) mass is 400 g/mol. The third kappa shape index (κ3) is 5.13. The number of carbonyl (C=O) groups excluding carboxylic acids is 1. The molecule has 21 heavy (non-hydrogen) atoms. The van der Waals surface area contributed by atoms with E-state index in [0.717, 1.165) is 12.1 Å². The van der Waals surface area contributed by atoms with Crippen molar-refractivity contribution in [1.82, 2.24) is 5.32 Å². The van der Waals surface area contributed by atoms with Gasteiger partial charge in [0.05, 0.1) is 5.56 Å². The number of rotatable bonds is 5. The summed E-state index contributed by atoms with van der Waals surface area (Å²) in [5, 5.41) is 7.44. The van der Waals surface area contributed by atoms with Gasteiger partial charge in [0, 0.05) is 33.3 Å². The second-order valence-corrected chi connectivity index (χ2v) is 8.29. The molecular weight excluding hydrogens is 387 g/mol. The Balaban J connectivity index is 3.13. The van der Waals surface area contributed by atoms with Gasteiger partial charge >= 0.3 is 0 Å². The molecule has 0 heterocycles. The molecule has 0 radical (unpaired) electrons. The Morgan fingerprint density at radius 3 is 2.57 bits per heavy atom. The first-order valence-corrected chi connectivity index (χ1v) is 9.71. The van der Waals surface area contributed by atoms with Crippen LogP contribution in [0.4, 0.5) is 4.39 Å². The van der Waals surface area contributed by atoms with Crippen molar-refractivity contribution in [2.45, 2.75) is 17.9 Å². The molecule has 118 valence electrons. The molecule has 1 amide bonds. The number of benzene rings is 1. The maximum atomic E-state index is 13.6. The fourth-order valence-corrected chi connectivity index (χ4v) is 3.51. The lowest BCUT2D eigenvalue weighted by Gasteiger charge is -2.14. The minimum absolute atomic E-state index is 0.0749. The second-order valence-electron chi connectivity index (χ2n) is 4.42. The van der Waals surface area contributed by atoms with Crippen LogP contribution < -0.4 is 10.5 Å². The number of amides is 1. The van der Waals surface area contributed by atoms with Gasteiger partial charge in [-0.2, -0.15) is 0 Å². The second kappa shape index (κ2) is 6.95. The maximum Gasteiger partial charge on any atom is 0.252 e. The average Bonchev–Trinajstić information content (AvgIpc) is 2.24. The van der Waals surface area contributed by atoms with E-state index in [4.69, 9.17) is 5.14 Å². The summed E-state index contributed by atoms with van der Waals surface area (Å²) in [6, 6.07) is 1.33. The quantitative estimate of drug-likeness (QED) is 0.759. The number of sulfonamides is 1. The van der Waals surface area contributed by atoms with Gasteiger partial charge in [-0.1, -0.05) is 0 Å². The molecule has 0 saturated carbocycles. The Hall–Kier alpha value is -0.840. The maximum absolute atomic E-state index is 13.6. The highest BCUT2D eigenvalue weighted by Crippen LogP contribution is 2.23. The zero-order valence-electron chi connectivity index (χ0n) is 11.2. The van der Waals surface area contributed by atoms with Gasteiger partial charge in [0.15, 0.2) is 0 Å². The molecule has 0 aliphatic heterocycles. The van der Waals surface area contributed by atoms with Gasteiger partial charge in [0.2, 0.25) is 10.0 Å². The number of nitrogens with one attached hydrogen (secondary N) is 1. The first-order chi connectivity index (χ1) is 9.52. The highest BCUT2D eigenvalue weighted by Gasteiger charge is 2.21. The number of carbonyl (C=O) groups is 1. The van der Waals surface area contributed by atoms with Crippen molar-refractivity contribution in [3.05, 3.63) is 28.0 Å². The van der Waals surface area contributed by atoms with Gasteiger partial charge in [-0.25, -0.2) is 17.9 Å². The van der Waals surface area contributed by atoms with Crippen LogP contribution in [0.25, 0.3) is 0 Å². The van der Waals surface area contributed by atoms with E-state index < -0.39 is 43.5 Å². The fourth-order valence-electron chi connectivity index (χ4n) is 1.62. The van der Waals surface area contributed by atoms with Gasteiger partial charge in [-0.05, 0) is 35.0 Å². The molecule has 0 aliphatic carbocycles. The van der Waals surface area contributed by atoms with Crippen molar-refractivity contribution in [3.8, 4) is 0 Å². The molecule has 0 fully saturated rings. The van der Waals surface area contributed by atoms with E-state index in [1.165, 1.54) is 6.26 Å². The number of hydrogen-bond donors (Lipinski definition) is 2. The highest BCUT2D eigenvalue weighted by atomic mass is 79.9. The Morgan fingerprint density at radius 2 is 2.10 bits per heavy atom. The van der Waals surface area contributed by atoms with Crippen LogP contribution in [0.1, 0.15) is 17.3 Å². The molecule has 1 aromatic rings. The molecule has 2 unspecified atom stereocenters. The van der Waals surface area contributed by atoms with Crippen molar-refractivity contribution in [1.29, 1.82) is 0 Å². The molecular formula is C11H14BrFN2O4S2. The predicted octanol–water partition coefficient (Wildman–Crippen LogP) is 0.732. The van der Waals surface area contributed by atoms with Gasteiger partial charge < -0.3 is 5.32 Å². The zero-order chi connectivity index (χ0) is 16.4. The predicted molar refractivity (Wildman–Crippen MR) is 81.3 cm³/mol. The first kappa shape index (κ1) is 18.2. The lowest BCUT2D eigenvalue weighted by Crippen LogP contribution is -2.36. The van der Waals surface area contributed by atoms with Gasteiger partial charge in [0.25, 0.3) is 5.91 Å². The minimum Gasteiger partial charge on any atom is -0.349 e. The van der Waals surface area contributed by atoms with E-state index in [0.29, 0.717) is 0 Å². The van der Waals surface area contributed by atoms with Gasteiger partial charge in [-0.15, -0.1) is 0 Å². The lowest BCUT2D eigenvalue weighted by atomic mass is 10.2. The summed E-state index contributed by atoms with van der Waals surface area (Å²) in [6.45, 7) is 1.65. The number of primary sulfonamides is 1. The standard InChI is InChI=1S/C11H14BrFN2O4S2/c1-6(5-20(2)17)15-11(16)7-3-10(21(14,18)19)9(13)4-8(7)12/h3-4,6H,5H2,1-2H3,(H,15,16)(H2,14,18,19). The summed E-state index contributed by atoms with van der Waals surface area (Å²) in [5.41, 5.74) is -0.0749.